The molecule has 1 aliphatic rings. The molecule has 0 aliphatic carbocycles. The SMILES string of the molecule is Cc1cc2c(o1)CN(C)CCC2Oc1cccc2ccccc12.Cl. The molecule has 4 heteroatoms. The Balaban J connectivity index is 0.00000169. The summed E-state index contributed by atoms with van der Waals surface area (Å²) in [7, 11) is 2.13. The van der Waals surface area contributed by atoms with Crippen LogP contribution in [-0.2, 0) is 6.54 Å². The van der Waals surface area contributed by atoms with Crippen LogP contribution in [0, 0.1) is 6.92 Å². The summed E-state index contributed by atoms with van der Waals surface area (Å²) in [5.74, 6) is 2.94. The Morgan fingerprint density at radius 1 is 1.12 bits per heavy atom. The fourth-order valence-corrected chi connectivity index (χ4v) is 3.37. The highest BCUT2D eigenvalue weighted by Gasteiger charge is 2.26. The van der Waals surface area contributed by atoms with Gasteiger partial charge in [-0.3, -0.25) is 4.90 Å². The second-order valence-corrected chi connectivity index (χ2v) is 6.35. The van der Waals surface area contributed by atoms with Gasteiger partial charge in [-0.25, -0.2) is 0 Å². The molecule has 1 unspecified atom stereocenters. The van der Waals surface area contributed by atoms with Gasteiger partial charge in [-0.1, -0.05) is 36.4 Å². The average Bonchev–Trinajstić information content (AvgIpc) is 2.85. The van der Waals surface area contributed by atoms with Crippen molar-refractivity contribution >= 4 is 23.2 Å². The second-order valence-electron chi connectivity index (χ2n) is 6.35. The van der Waals surface area contributed by atoms with Gasteiger partial charge in [0.1, 0.15) is 23.4 Å². The van der Waals surface area contributed by atoms with E-state index in [1.807, 2.05) is 6.92 Å². The summed E-state index contributed by atoms with van der Waals surface area (Å²) in [6.45, 7) is 3.85. The van der Waals surface area contributed by atoms with Crippen LogP contribution in [0.4, 0.5) is 0 Å². The van der Waals surface area contributed by atoms with Crippen LogP contribution in [0.1, 0.15) is 29.6 Å². The van der Waals surface area contributed by atoms with E-state index in [-0.39, 0.29) is 18.5 Å². The molecule has 3 aromatic rings. The van der Waals surface area contributed by atoms with E-state index < -0.39 is 0 Å². The van der Waals surface area contributed by atoms with Gasteiger partial charge in [0, 0.05) is 23.9 Å². The van der Waals surface area contributed by atoms with Crippen molar-refractivity contribution in [2.75, 3.05) is 13.6 Å². The maximum Gasteiger partial charge on any atom is 0.128 e. The van der Waals surface area contributed by atoms with Crippen LogP contribution in [0.2, 0.25) is 0 Å². The zero-order chi connectivity index (χ0) is 15.8. The smallest absolute Gasteiger partial charge is 0.128 e. The molecule has 0 fully saturated rings. The van der Waals surface area contributed by atoms with Crippen molar-refractivity contribution in [3.8, 4) is 5.75 Å². The Bertz CT molecular complexity index is 837. The van der Waals surface area contributed by atoms with Crippen molar-refractivity contribution in [1.29, 1.82) is 0 Å². The van der Waals surface area contributed by atoms with Gasteiger partial charge in [0.2, 0.25) is 0 Å². The first-order valence-corrected chi connectivity index (χ1v) is 8.13. The van der Waals surface area contributed by atoms with Crippen LogP contribution in [-0.4, -0.2) is 18.5 Å². The lowest BCUT2D eigenvalue weighted by atomic mass is 10.1. The first-order valence-electron chi connectivity index (χ1n) is 8.13. The number of ether oxygens (including phenoxy) is 1. The Kier molecular flexibility index (Phi) is 4.83. The highest BCUT2D eigenvalue weighted by atomic mass is 35.5. The molecule has 4 rings (SSSR count). The minimum atomic E-state index is 0. The first-order chi connectivity index (χ1) is 11.2. The Morgan fingerprint density at radius 2 is 1.92 bits per heavy atom. The maximum atomic E-state index is 6.45. The average molecular weight is 344 g/mol. The number of hydrogen-bond donors (Lipinski definition) is 0. The Labute approximate surface area is 148 Å². The van der Waals surface area contributed by atoms with E-state index in [0.29, 0.717) is 0 Å². The molecule has 0 spiro atoms. The first kappa shape index (κ1) is 16.9. The zero-order valence-corrected chi connectivity index (χ0v) is 14.8. The monoisotopic (exact) mass is 343 g/mol. The van der Waals surface area contributed by atoms with Crippen LogP contribution in [0.15, 0.2) is 52.9 Å². The molecule has 0 radical (unpaired) electrons. The molecule has 1 aliphatic heterocycles. The number of benzene rings is 2. The summed E-state index contributed by atoms with van der Waals surface area (Å²) in [5.41, 5.74) is 1.19. The van der Waals surface area contributed by atoms with Crippen molar-refractivity contribution in [2.24, 2.45) is 0 Å². The molecule has 0 N–H and O–H groups in total. The largest absolute Gasteiger partial charge is 0.485 e. The number of nitrogens with zero attached hydrogens (tertiary/aromatic N) is 1. The van der Waals surface area contributed by atoms with E-state index in [4.69, 9.17) is 9.15 Å². The number of rotatable bonds is 2. The molecule has 0 saturated carbocycles. The predicted octanol–water partition coefficient (Wildman–Crippen LogP) is 5.12. The lowest BCUT2D eigenvalue weighted by molar-refractivity contribution is 0.185. The summed E-state index contributed by atoms with van der Waals surface area (Å²) in [6.07, 6.45) is 1.00. The number of hydrogen-bond acceptors (Lipinski definition) is 3. The minimum absolute atomic E-state index is 0. The van der Waals surface area contributed by atoms with Gasteiger partial charge in [-0.15, -0.1) is 12.4 Å². The molecule has 126 valence electrons. The summed E-state index contributed by atoms with van der Waals surface area (Å²) >= 11 is 0. The summed E-state index contributed by atoms with van der Waals surface area (Å²) < 4.78 is 12.3. The van der Waals surface area contributed by atoms with E-state index in [2.05, 4.69) is 60.5 Å². The molecular weight excluding hydrogens is 322 g/mol. The standard InChI is InChI=1S/C20H21NO2.ClH/c1-14-12-17-19(10-11-21(2)13-20(17)22-14)23-18-9-5-7-15-6-3-4-8-16(15)18;/h3-9,12,19H,10-11,13H2,1-2H3;1H. The topological polar surface area (TPSA) is 25.6 Å². The van der Waals surface area contributed by atoms with E-state index in [1.165, 1.54) is 10.9 Å². The molecular formula is C20H22ClNO2. The van der Waals surface area contributed by atoms with E-state index in [0.717, 1.165) is 42.2 Å². The summed E-state index contributed by atoms with van der Waals surface area (Å²) in [4.78, 5) is 2.29. The zero-order valence-electron chi connectivity index (χ0n) is 14.0. The Hall–Kier alpha value is -1.97. The summed E-state index contributed by atoms with van der Waals surface area (Å²) in [5, 5.41) is 2.37. The third-order valence-corrected chi connectivity index (χ3v) is 4.52. The molecule has 3 nitrogen and oxygen atoms in total. The van der Waals surface area contributed by atoms with Crippen LogP contribution in [0.25, 0.3) is 10.8 Å². The van der Waals surface area contributed by atoms with E-state index in [9.17, 15) is 0 Å². The third-order valence-electron chi connectivity index (χ3n) is 4.52. The number of fused-ring (bicyclic) bond motifs is 2. The van der Waals surface area contributed by atoms with Crippen molar-refractivity contribution in [1.82, 2.24) is 4.90 Å². The highest BCUT2D eigenvalue weighted by molar-refractivity contribution is 5.88. The van der Waals surface area contributed by atoms with Crippen LogP contribution in [0.3, 0.4) is 0 Å². The minimum Gasteiger partial charge on any atom is -0.485 e. The molecule has 24 heavy (non-hydrogen) atoms. The quantitative estimate of drug-likeness (QED) is 0.646. The molecule has 2 heterocycles. The van der Waals surface area contributed by atoms with E-state index >= 15 is 0 Å². The molecule has 1 aromatic heterocycles. The molecule has 0 bridgehead atoms. The van der Waals surface area contributed by atoms with Crippen LogP contribution in [0.5, 0.6) is 5.75 Å². The van der Waals surface area contributed by atoms with Crippen molar-refractivity contribution < 1.29 is 9.15 Å². The molecule has 2 aromatic carbocycles. The number of aryl methyl sites for hydroxylation is 1. The Morgan fingerprint density at radius 3 is 2.79 bits per heavy atom. The summed E-state index contributed by atoms with van der Waals surface area (Å²) in [6, 6.07) is 16.7. The second kappa shape index (κ2) is 6.88. The lowest BCUT2D eigenvalue weighted by Gasteiger charge is -2.19. The van der Waals surface area contributed by atoms with Crippen LogP contribution < -0.4 is 4.74 Å². The molecule has 1 atom stereocenters. The van der Waals surface area contributed by atoms with Gasteiger partial charge in [0.15, 0.2) is 0 Å². The van der Waals surface area contributed by atoms with Crippen molar-refractivity contribution in [3.05, 3.63) is 65.6 Å². The van der Waals surface area contributed by atoms with E-state index in [1.54, 1.807) is 0 Å². The van der Waals surface area contributed by atoms with Gasteiger partial charge >= 0.3 is 0 Å². The van der Waals surface area contributed by atoms with Crippen molar-refractivity contribution in [3.63, 3.8) is 0 Å². The normalized spacial score (nSPS) is 17.8. The highest BCUT2D eigenvalue weighted by Crippen LogP contribution is 2.35. The maximum absolute atomic E-state index is 6.45. The van der Waals surface area contributed by atoms with Gasteiger partial charge in [0.25, 0.3) is 0 Å². The lowest BCUT2D eigenvalue weighted by Crippen LogP contribution is -2.18. The fraction of sp³-hybridized carbons (Fsp3) is 0.300. The molecule has 0 amide bonds. The third kappa shape index (κ3) is 3.14. The number of halogens is 1. The van der Waals surface area contributed by atoms with Gasteiger partial charge in [-0.2, -0.15) is 0 Å². The van der Waals surface area contributed by atoms with Crippen molar-refractivity contribution in [2.45, 2.75) is 26.0 Å². The fourth-order valence-electron chi connectivity index (χ4n) is 3.37. The number of furan rings is 1. The van der Waals surface area contributed by atoms with Gasteiger partial charge in [-0.05, 0) is 31.5 Å². The molecule has 0 saturated heterocycles. The van der Waals surface area contributed by atoms with Crippen LogP contribution >= 0.6 is 12.4 Å². The predicted molar refractivity (Wildman–Crippen MR) is 99.0 cm³/mol. The van der Waals surface area contributed by atoms with Gasteiger partial charge in [0.05, 0.1) is 6.54 Å². The van der Waals surface area contributed by atoms with Gasteiger partial charge < -0.3 is 9.15 Å².